The van der Waals surface area contributed by atoms with Crippen LogP contribution >= 0.6 is 26.6 Å². The Labute approximate surface area is 131 Å². The van der Waals surface area contributed by atoms with E-state index < -0.39 is 19.1 Å². The Kier molecular flexibility index (Phi) is 5.85. The molecule has 0 saturated heterocycles. The maximum Gasteiger partial charge on any atom is 0.261 e. The number of halogens is 2. The highest BCUT2D eigenvalue weighted by atomic mass is 79.9. The first-order valence-corrected chi connectivity index (χ1v) is 10.1. The van der Waals surface area contributed by atoms with Crippen LogP contribution in [0.25, 0.3) is 0 Å². The van der Waals surface area contributed by atoms with Crippen molar-refractivity contribution in [1.29, 1.82) is 0 Å². The molecule has 0 saturated carbocycles. The van der Waals surface area contributed by atoms with Crippen molar-refractivity contribution >= 4 is 51.4 Å². The van der Waals surface area contributed by atoms with Gasteiger partial charge in [-0.1, -0.05) is 0 Å². The summed E-state index contributed by atoms with van der Waals surface area (Å²) in [5.74, 6) is -0.204. The Morgan fingerprint density at radius 3 is 2.40 bits per heavy atom. The molecule has 0 fully saturated rings. The van der Waals surface area contributed by atoms with Crippen LogP contribution in [0.5, 0.6) is 0 Å². The lowest BCUT2D eigenvalue weighted by Crippen LogP contribution is -2.20. The van der Waals surface area contributed by atoms with Crippen molar-refractivity contribution in [2.24, 2.45) is 0 Å². The van der Waals surface area contributed by atoms with E-state index in [1.807, 2.05) is 0 Å². The number of methoxy groups -OCH3 is 1. The Hall–Kier alpha value is -0.350. The molecule has 10 heteroatoms. The highest BCUT2D eigenvalue weighted by molar-refractivity contribution is 9.10. The molecule has 0 aliphatic rings. The average molecular weight is 407 g/mol. The molecule has 0 spiro atoms. The molecule has 0 radical (unpaired) electrons. The molecule has 0 heterocycles. The summed E-state index contributed by atoms with van der Waals surface area (Å²) in [7, 11) is -0.773. The fraction of sp³-hybridized carbons (Fsp3) is 0.400. The second-order valence-electron chi connectivity index (χ2n) is 3.95. The first kappa shape index (κ1) is 17.7. The van der Waals surface area contributed by atoms with Gasteiger partial charge in [-0.15, -0.1) is 0 Å². The van der Waals surface area contributed by atoms with Gasteiger partial charge in [0.25, 0.3) is 9.05 Å². The van der Waals surface area contributed by atoms with Crippen LogP contribution in [-0.2, 0) is 23.8 Å². The van der Waals surface area contributed by atoms with E-state index in [4.69, 9.17) is 15.4 Å². The second-order valence-corrected chi connectivity index (χ2v) is 9.18. The van der Waals surface area contributed by atoms with E-state index in [2.05, 4.69) is 20.7 Å². The van der Waals surface area contributed by atoms with Gasteiger partial charge in [-0.05, 0) is 40.5 Å². The Morgan fingerprint density at radius 2 is 1.90 bits per heavy atom. The van der Waals surface area contributed by atoms with Crippen LogP contribution in [0.1, 0.15) is 5.56 Å². The van der Waals surface area contributed by atoms with E-state index in [0.29, 0.717) is 5.56 Å². The van der Waals surface area contributed by atoms with Gasteiger partial charge in [0.15, 0.2) is 0 Å². The first-order chi connectivity index (χ1) is 9.07. The van der Waals surface area contributed by atoms with E-state index in [1.165, 1.54) is 26.2 Å². The van der Waals surface area contributed by atoms with Gasteiger partial charge in [-0.3, -0.25) is 4.72 Å². The molecule has 1 N–H and O–H groups in total. The summed E-state index contributed by atoms with van der Waals surface area (Å²) >= 11 is 3.11. The highest BCUT2D eigenvalue weighted by Crippen LogP contribution is 2.31. The number of sulfonamides is 1. The second kappa shape index (κ2) is 6.61. The molecular formula is C10H13BrClNO5S2. The quantitative estimate of drug-likeness (QED) is 0.731. The summed E-state index contributed by atoms with van der Waals surface area (Å²) < 4.78 is 53.5. The van der Waals surface area contributed by atoms with Crippen LogP contribution in [0.2, 0.25) is 0 Å². The number of benzene rings is 1. The zero-order valence-corrected chi connectivity index (χ0v) is 14.7. The zero-order chi connectivity index (χ0) is 15.6. The minimum atomic E-state index is -3.89. The van der Waals surface area contributed by atoms with Gasteiger partial charge in [0, 0.05) is 22.3 Å². The van der Waals surface area contributed by atoms with Crippen molar-refractivity contribution < 1.29 is 21.6 Å². The van der Waals surface area contributed by atoms with Gasteiger partial charge in [-0.2, -0.15) is 0 Å². The number of anilines is 1. The van der Waals surface area contributed by atoms with Crippen LogP contribution in [-0.4, -0.2) is 36.3 Å². The molecule has 1 rings (SSSR count). The molecule has 0 aliphatic heterocycles. The summed E-state index contributed by atoms with van der Waals surface area (Å²) in [5.41, 5.74) is 0.579. The molecule has 0 bridgehead atoms. The molecule has 1 aromatic rings. The zero-order valence-electron chi connectivity index (χ0n) is 10.7. The standard InChI is InChI=1S/C10H13BrClNO5S2/c1-7-5-9(13-19(14,15)4-3-18-2)8(11)6-10(7)20(12,16)17/h5-6,13H,3-4H2,1-2H3. The monoisotopic (exact) mass is 405 g/mol. The van der Waals surface area contributed by atoms with Crippen LogP contribution in [0.4, 0.5) is 5.69 Å². The summed E-state index contributed by atoms with van der Waals surface area (Å²) in [5, 5.41) is 0. The molecule has 6 nitrogen and oxygen atoms in total. The van der Waals surface area contributed by atoms with Crippen molar-refractivity contribution in [1.82, 2.24) is 0 Å². The molecule has 0 unspecified atom stereocenters. The van der Waals surface area contributed by atoms with Crippen molar-refractivity contribution in [3.05, 3.63) is 22.2 Å². The Morgan fingerprint density at radius 1 is 1.30 bits per heavy atom. The molecular weight excluding hydrogens is 394 g/mol. The van der Waals surface area contributed by atoms with Crippen molar-refractivity contribution in [2.75, 3.05) is 24.2 Å². The van der Waals surface area contributed by atoms with E-state index in [9.17, 15) is 16.8 Å². The highest BCUT2D eigenvalue weighted by Gasteiger charge is 2.18. The summed E-state index contributed by atoms with van der Waals surface area (Å²) in [4.78, 5) is -0.0779. The SMILES string of the molecule is COCCS(=O)(=O)Nc1cc(C)c(S(=O)(=O)Cl)cc1Br. The minimum absolute atomic E-state index is 0.0556. The van der Waals surface area contributed by atoms with Crippen LogP contribution in [0.15, 0.2) is 21.5 Å². The van der Waals surface area contributed by atoms with E-state index in [1.54, 1.807) is 0 Å². The third-order valence-corrected chi connectivity index (χ3v) is 5.70. The van der Waals surface area contributed by atoms with Gasteiger partial charge in [0.1, 0.15) is 0 Å². The number of ether oxygens (including phenoxy) is 1. The first-order valence-electron chi connectivity index (χ1n) is 5.31. The largest absolute Gasteiger partial charge is 0.384 e. The molecule has 0 aromatic heterocycles. The molecule has 0 atom stereocenters. The Bertz CT molecular complexity index is 703. The maximum absolute atomic E-state index is 11.7. The van der Waals surface area contributed by atoms with Gasteiger partial charge in [0.05, 0.1) is 22.9 Å². The summed E-state index contributed by atoms with van der Waals surface area (Å²) in [6.45, 7) is 1.58. The lowest BCUT2D eigenvalue weighted by atomic mass is 10.2. The van der Waals surface area contributed by atoms with E-state index in [-0.39, 0.29) is 27.4 Å². The van der Waals surface area contributed by atoms with Crippen molar-refractivity contribution in [3.8, 4) is 0 Å². The smallest absolute Gasteiger partial charge is 0.261 e. The van der Waals surface area contributed by atoms with Crippen LogP contribution < -0.4 is 4.72 Å². The molecule has 0 amide bonds. The molecule has 0 aliphatic carbocycles. The Balaban J connectivity index is 3.14. The van der Waals surface area contributed by atoms with Gasteiger partial charge >= 0.3 is 0 Å². The minimum Gasteiger partial charge on any atom is -0.384 e. The van der Waals surface area contributed by atoms with Crippen molar-refractivity contribution in [2.45, 2.75) is 11.8 Å². The molecule has 114 valence electrons. The summed E-state index contributed by atoms with van der Waals surface area (Å²) in [6.07, 6.45) is 0. The van der Waals surface area contributed by atoms with Crippen LogP contribution in [0.3, 0.4) is 0 Å². The topological polar surface area (TPSA) is 89.5 Å². The lowest BCUT2D eigenvalue weighted by molar-refractivity contribution is 0.217. The summed E-state index contributed by atoms with van der Waals surface area (Å²) in [6, 6.07) is 2.65. The predicted molar refractivity (Wildman–Crippen MR) is 81.2 cm³/mol. The van der Waals surface area contributed by atoms with Gasteiger partial charge in [-0.25, -0.2) is 16.8 Å². The fourth-order valence-corrected chi connectivity index (χ4v) is 4.33. The van der Waals surface area contributed by atoms with Crippen LogP contribution in [0, 0.1) is 6.92 Å². The number of nitrogens with one attached hydrogen (secondary N) is 1. The van der Waals surface area contributed by atoms with E-state index in [0.717, 1.165) is 0 Å². The third-order valence-electron chi connectivity index (χ3n) is 2.35. The normalized spacial score (nSPS) is 12.4. The fourth-order valence-electron chi connectivity index (χ4n) is 1.42. The number of hydrogen-bond donors (Lipinski definition) is 1. The third kappa shape index (κ3) is 4.88. The van der Waals surface area contributed by atoms with Gasteiger partial charge < -0.3 is 4.74 Å². The van der Waals surface area contributed by atoms with Gasteiger partial charge in [0.2, 0.25) is 10.0 Å². The number of hydrogen-bond acceptors (Lipinski definition) is 5. The van der Waals surface area contributed by atoms with Crippen molar-refractivity contribution in [3.63, 3.8) is 0 Å². The molecule has 20 heavy (non-hydrogen) atoms. The number of rotatable bonds is 6. The average Bonchev–Trinajstić information content (AvgIpc) is 2.29. The van der Waals surface area contributed by atoms with E-state index >= 15 is 0 Å². The lowest BCUT2D eigenvalue weighted by Gasteiger charge is -2.12. The number of aryl methyl sites for hydroxylation is 1. The maximum atomic E-state index is 11.7. The molecule has 1 aromatic carbocycles. The predicted octanol–water partition coefficient (Wildman–Crippen LogP) is 2.07.